The average Bonchev–Trinajstić information content (AvgIpc) is 3.48. The maximum Gasteiger partial charge on any atom is 0.414 e. The highest BCUT2D eigenvalue weighted by atomic mass is 19.1. The number of carbonyl (C=O) groups is 4. The zero-order chi connectivity index (χ0) is 40.1. The number of H-pyrrole nitrogens is 1. The number of Topliss-reactive ketones (excluding diaryl/α,β-unsaturated/α-hetero) is 2. The second kappa shape index (κ2) is 16.3. The predicted octanol–water partition coefficient (Wildman–Crippen LogP) is 8.65. The minimum atomic E-state index is -1.49. The van der Waals surface area contributed by atoms with E-state index in [9.17, 15) is 28.0 Å². The molecule has 0 radical (unpaired) electrons. The molecule has 12 nitrogen and oxygen atoms in total. The standard InChI is InChI=1S/C41H42F2N6O6/c1-23-9-8-10-25(17-23)34(50)33(35(51)26-18-27(42)20-28(43)19-26)36-46-31-16-15-30(21-32(31)47-36)44-22-24-11-13-29(14-12-24)45-37(48-38(52)54-40(2,3)4)49-39(53)55-41(5,6)7/h8-21,33,44H,22H2,1-7H3,(H,46,47)(H2,45,48,49,52,53). The van der Waals surface area contributed by atoms with Crippen LogP contribution in [0.4, 0.5) is 29.7 Å². The highest BCUT2D eigenvalue weighted by Gasteiger charge is 2.34. The third kappa shape index (κ3) is 11.3. The van der Waals surface area contributed by atoms with Crippen molar-refractivity contribution in [3.8, 4) is 0 Å². The number of rotatable bonds is 9. The Morgan fingerprint density at radius 3 is 1.95 bits per heavy atom. The van der Waals surface area contributed by atoms with Gasteiger partial charge in [-0.2, -0.15) is 0 Å². The predicted molar refractivity (Wildman–Crippen MR) is 205 cm³/mol. The summed E-state index contributed by atoms with van der Waals surface area (Å²) in [4.78, 5) is 64.5. The number of fused-ring (bicyclic) bond motifs is 1. The van der Waals surface area contributed by atoms with Gasteiger partial charge in [0.25, 0.3) is 0 Å². The van der Waals surface area contributed by atoms with Gasteiger partial charge in [0, 0.05) is 29.4 Å². The molecule has 0 bridgehead atoms. The number of alkyl carbamates (subject to hydrolysis) is 2. The number of nitrogens with zero attached hydrogens (tertiary/aromatic N) is 2. The van der Waals surface area contributed by atoms with Crippen molar-refractivity contribution in [1.82, 2.24) is 20.6 Å². The first-order valence-corrected chi connectivity index (χ1v) is 17.3. The molecule has 1 atom stereocenters. The summed E-state index contributed by atoms with van der Waals surface area (Å²) >= 11 is 0. The Morgan fingerprint density at radius 1 is 0.764 bits per heavy atom. The number of ketones is 2. The molecule has 0 fully saturated rings. The number of carbonyl (C=O) groups excluding carboxylic acids is 4. The Balaban J connectivity index is 1.34. The molecule has 5 aromatic rings. The SMILES string of the molecule is Cc1cccc(C(=O)C(C(=O)c2cc(F)cc(F)c2)c2nc3ccc(NCc4ccc(N=C(NC(=O)OC(C)(C)C)NC(=O)OC(C)(C)C)cc4)cc3[nH]2)c1. The van der Waals surface area contributed by atoms with E-state index in [1.807, 2.05) is 13.0 Å². The van der Waals surface area contributed by atoms with Crippen molar-refractivity contribution in [2.75, 3.05) is 5.32 Å². The summed E-state index contributed by atoms with van der Waals surface area (Å²) in [6, 6.07) is 21.4. The Kier molecular flexibility index (Phi) is 11.8. The topological polar surface area (TPSA) is 164 Å². The molecule has 0 saturated heterocycles. The number of benzene rings is 4. The monoisotopic (exact) mass is 752 g/mol. The lowest BCUT2D eigenvalue weighted by Crippen LogP contribution is -2.47. The normalized spacial score (nSPS) is 12.0. The van der Waals surface area contributed by atoms with Crippen LogP contribution in [0.15, 0.2) is 89.9 Å². The summed E-state index contributed by atoms with van der Waals surface area (Å²) < 4.78 is 38.9. The largest absolute Gasteiger partial charge is 0.444 e. The van der Waals surface area contributed by atoms with Crippen LogP contribution in [0.3, 0.4) is 0 Å². The average molecular weight is 753 g/mol. The summed E-state index contributed by atoms with van der Waals surface area (Å²) in [5.74, 6) is -4.90. The molecule has 1 aromatic heterocycles. The summed E-state index contributed by atoms with van der Waals surface area (Å²) in [6.45, 7) is 12.4. The Morgan fingerprint density at radius 2 is 1.36 bits per heavy atom. The molecule has 2 amide bonds. The molecule has 0 aliphatic carbocycles. The van der Waals surface area contributed by atoms with E-state index in [0.29, 0.717) is 35.0 Å². The third-order valence-electron chi connectivity index (χ3n) is 7.66. The van der Waals surface area contributed by atoms with Crippen LogP contribution in [0.5, 0.6) is 0 Å². The number of nitrogens with one attached hydrogen (secondary N) is 4. The molecule has 4 aromatic carbocycles. The molecule has 0 aliphatic rings. The number of imidazole rings is 1. The Labute approximate surface area is 316 Å². The fourth-order valence-electron chi connectivity index (χ4n) is 5.38. The third-order valence-corrected chi connectivity index (χ3v) is 7.66. The van der Waals surface area contributed by atoms with E-state index >= 15 is 0 Å². The van der Waals surface area contributed by atoms with Gasteiger partial charge in [-0.1, -0.05) is 35.9 Å². The van der Waals surface area contributed by atoms with Crippen LogP contribution in [0, 0.1) is 18.6 Å². The molecular weight excluding hydrogens is 710 g/mol. The van der Waals surface area contributed by atoms with Gasteiger partial charge < -0.3 is 19.8 Å². The van der Waals surface area contributed by atoms with Crippen LogP contribution in [0.25, 0.3) is 11.0 Å². The lowest BCUT2D eigenvalue weighted by Gasteiger charge is -2.22. The van der Waals surface area contributed by atoms with E-state index in [4.69, 9.17) is 9.47 Å². The molecule has 55 heavy (non-hydrogen) atoms. The second-order valence-electron chi connectivity index (χ2n) is 14.8. The lowest BCUT2D eigenvalue weighted by molar-refractivity contribution is 0.0544. The zero-order valence-electron chi connectivity index (χ0n) is 31.5. The quantitative estimate of drug-likeness (QED) is 0.0503. The molecule has 0 aliphatic heterocycles. The van der Waals surface area contributed by atoms with E-state index < -0.39 is 52.5 Å². The number of ether oxygens (including phenoxy) is 2. The van der Waals surface area contributed by atoms with E-state index in [0.717, 1.165) is 23.3 Å². The van der Waals surface area contributed by atoms with Crippen LogP contribution in [0.1, 0.15) is 85.1 Å². The van der Waals surface area contributed by atoms with Gasteiger partial charge >= 0.3 is 12.2 Å². The molecular formula is C41H42F2N6O6. The van der Waals surface area contributed by atoms with E-state index in [1.165, 1.54) is 0 Å². The van der Waals surface area contributed by atoms with Gasteiger partial charge in [0.15, 0.2) is 11.6 Å². The first-order valence-electron chi connectivity index (χ1n) is 17.3. The van der Waals surface area contributed by atoms with Gasteiger partial charge in [-0.3, -0.25) is 20.2 Å². The van der Waals surface area contributed by atoms with Crippen LogP contribution >= 0.6 is 0 Å². The molecule has 1 unspecified atom stereocenters. The van der Waals surface area contributed by atoms with E-state index in [2.05, 4.69) is 30.9 Å². The van der Waals surface area contributed by atoms with Gasteiger partial charge in [-0.05, 0) is 103 Å². The van der Waals surface area contributed by atoms with Crippen LogP contribution in [0.2, 0.25) is 0 Å². The van der Waals surface area contributed by atoms with Crippen molar-refractivity contribution < 1.29 is 37.4 Å². The number of halogens is 2. The van der Waals surface area contributed by atoms with Gasteiger partial charge in [0.1, 0.15) is 34.6 Å². The molecule has 14 heteroatoms. The van der Waals surface area contributed by atoms with Crippen LogP contribution in [-0.4, -0.2) is 50.9 Å². The molecule has 0 spiro atoms. The van der Waals surface area contributed by atoms with Crippen molar-refractivity contribution in [3.63, 3.8) is 0 Å². The lowest BCUT2D eigenvalue weighted by atomic mass is 9.89. The van der Waals surface area contributed by atoms with Crippen LogP contribution in [-0.2, 0) is 16.0 Å². The van der Waals surface area contributed by atoms with E-state index in [-0.39, 0.29) is 22.9 Å². The fraction of sp³-hybridized carbons (Fsp3) is 0.268. The van der Waals surface area contributed by atoms with Gasteiger partial charge in [0.05, 0.1) is 16.7 Å². The molecule has 286 valence electrons. The number of guanidine groups is 1. The molecule has 5 rings (SSSR count). The number of hydrogen-bond acceptors (Lipinski definition) is 9. The van der Waals surface area contributed by atoms with Crippen molar-refractivity contribution in [2.24, 2.45) is 4.99 Å². The van der Waals surface area contributed by atoms with Gasteiger partial charge in [-0.25, -0.2) is 28.3 Å². The summed E-state index contributed by atoms with van der Waals surface area (Å²) in [5, 5.41) is 8.21. The number of aliphatic imine (C=N–C) groups is 1. The minimum Gasteiger partial charge on any atom is -0.444 e. The number of aromatic amines is 1. The Bertz CT molecular complexity index is 2220. The van der Waals surface area contributed by atoms with Crippen molar-refractivity contribution in [3.05, 3.63) is 125 Å². The number of aromatic nitrogens is 2. The second-order valence-corrected chi connectivity index (χ2v) is 14.8. The number of anilines is 1. The van der Waals surface area contributed by atoms with Gasteiger partial charge in [0.2, 0.25) is 5.96 Å². The van der Waals surface area contributed by atoms with Crippen molar-refractivity contribution >= 4 is 52.1 Å². The first-order chi connectivity index (χ1) is 25.8. The first kappa shape index (κ1) is 39.8. The maximum absolute atomic E-state index is 14.1. The summed E-state index contributed by atoms with van der Waals surface area (Å²) in [5.41, 5.74) is 2.16. The molecule has 1 heterocycles. The van der Waals surface area contributed by atoms with E-state index in [1.54, 1.807) is 102 Å². The van der Waals surface area contributed by atoms with Crippen molar-refractivity contribution in [1.29, 1.82) is 0 Å². The highest BCUT2D eigenvalue weighted by Crippen LogP contribution is 2.28. The fourth-order valence-corrected chi connectivity index (χ4v) is 5.38. The molecule has 0 saturated carbocycles. The summed E-state index contributed by atoms with van der Waals surface area (Å²) in [7, 11) is 0. The smallest absolute Gasteiger partial charge is 0.414 e. The Hall–Kier alpha value is -6.44. The number of amides is 2. The highest BCUT2D eigenvalue weighted by molar-refractivity contribution is 6.20. The van der Waals surface area contributed by atoms with Crippen molar-refractivity contribution in [2.45, 2.75) is 72.1 Å². The molecule has 4 N–H and O–H groups in total. The zero-order valence-corrected chi connectivity index (χ0v) is 31.5. The van der Waals surface area contributed by atoms with Gasteiger partial charge in [-0.15, -0.1) is 0 Å². The number of hydrogen-bond donors (Lipinski definition) is 4. The minimum absolute atomic E-state index is 0.0335. The van der Waals surface area contributed by atoms with Crippen LogP contribution < -0.4 is 16.0 Å². The maximum atomic E-state index is 14.1. The number of aryl methyl sites for hydroxylation is 1. The summed E-state index contributed by atoms with van der Waals surface area (Å²) in [6.07, 6.45) is -1.63.